The van der Waals surface area contributed by atoms with Crippen molar-refractivity contribution in [3.63, 3.8) is 0 Å². The van der Waals surface area contributed by atoms with E-state index in [0.29, 0.717) is 26.2 Å². The Morgan fingerprint density at radius 2 is 2.20 bits per heavy atom. The molecule has 106 valence electrons. The molecule has 0 saturated heterocycles. The van der Waals surface area contributed by atoms with Gasteiger partial charge in [0.15, 0.2) is 0 Å². The molecule has 1 aromatic carbocycles. The molecule has 0 radical (unpaired) electrons. The summed E-state index contributed by atoms with van der Waals surface area (Å²) in [5.74, 6) is 0.0158. The van der Waals surface area contributed by atoms with Gasteiger partial charge in [-0.2, -0.15) is 0 Å². The van der Waals surface area contributed by atoms with Crippen LogP contribution in [0.1, 0.15) is 12.0 Å². The minimum atomic E-state index is 0.0158. The Hall–Kier alpha value is -2.07. The Morgan fingerprint density at radius 3 is 3.05 bits per heavy atom. The maximum atomic E-state index is 11.8. The normalized spacial score (nSPS) is 10.6. The van der Waals surface area contributed by atoms with Gasteiger partial charge in [-0.05, 0) is 18.1 Å². The molecule has 0 aliphatic rings. The number of rotatable bonds is 8. The van der Waals surface area contributed by atoms with Crippen LogP contribution in [-0.2, 0) is 16.0 Å². The summed E-state index contributed by atoms with van der Waals surface area (Å²) in [7, 11) is 0. The standard InChI is InChI=1S/C16H20N2O2/c1-2-3-9-20-10-8-17-16(19)11-13-12-18-15-7-5-4-6-14(13)15/h2,4-7,12,18H,1,3,8-11H2,(H,17,19). The third-order valence-electron chi connectivity index (χ3n) is 3.06. The summed E-state index contributed by atoms with van der Waals surface area (Å²) in [6, 6.07) is 7.98. The van der Waals surface area contributed by atoms with Crippen LogP contribution in [0.2, 0.25) is 0 Å². The van der Waals surface area contributed by atoms with Crippen molar-refractivity contribution in [2.24, 2.45) is 0 Å². The molecule has 0 aliphatic carbocycles. The predicted octanol–water partition coefficient (Wildman–Crippen LogP) is 2.42. The fourth-order valence-electron chi connectivity index (χ4n) is 2.04. The molecule has 2 N–H and O–H groups in total. The first kappa shape index (κ1) is 14.3. The Balaban J connectivity index is 1.76. The van der Waals surface area contributed by atoms with Gasteiger partial charge in [0.2, 0.25) is 5.91 Å². The van der Waals surface area contributed by atoms with Gasteiger partial charge >= 0.3 is 0 Å². The fourth-order valence-corrected chi connectivity index (χ4v) is 2.04. The molecule has 0 saturated carbocycles. The van der Waals surface area contributed by atoms with E-state index in [1.165, 1.54) is 0 Å². The quantitative estimate of drug-likeness (QED) is 0.573. The van der Waals surface area contributed by atoms with Crippen molar-refractivity contribution in [1.29, 1.82) is 0 Å². The molecule has 20 heavy (non-hydrogen) atoms. The summed E-state index contributed by atoms with van der Waals surface area (Å²) >= 11 is 0. The smallest absolute Gasteiger partial charge is 0.224 e. The minimum Gasteiger partial charge on any atom is -0.379 e. The van der Waals surface area contributed by atoms with Gasteiger partial charge in [0.25, 0.3) is 0 Å². The van der Waals surface area contributed by atoms with Crippen molar-refractivity contribution in [1.82, 2.24) is 10.3 Å². The average molecular weight is 272 g/mol. The van der Waals surface area contributed by atoms with Gasteiger partial charge in [-0.3, -0.25) is 4.79 Å². The van der Waals surface area contributed by atoms with Gasteiger partial charge in [0, 0.05) is 23.6 Å². The molecule has 1 aromatic heterocycles. The molecule has 2 rings (SSSR count). The van der Waals surface area contributed by atoms with E-state index in [4.69, 9.17) is 4.74 Å². The first-order chi connectivity index (χ1) is 9.81. The van der Waals surface area contributed by atoms with Gasteiger partial charge in [0.1, 0.15) is 0 Å². The largest absolute Gasteiger partial charge is 0.379 e. The van der Waals surface area contributed by atoms with E-state index in [1.54, 1.807) is 0 Å². The van der Waals surface area contributed by atoms with Crippen LogP contribution in [0, 0.1) is 0 Å². The highest BCUT2D eigenvalue weighted by molar-refractivity contribution is 5.88. The van der Waals surface area contributed by atoms with Crippen molar-refractivity contribution in [3.8, 4) is 0 Å². The predicted molar refractivity (Wildman–Crippen MR) is 80.6 cm³/mol. The maximum absolute atomic E-state index is 11.8. The summed E-state index contributed by atoms with van der Waals surface area (Å²) in [5.41, 5.74) is 2.08. The molecule has 0 unspecified atom stereocenters. The van der Waals surface area contributed by atoms with Crippen LogP contribution < -0.4 is 5.32 Å². The third-order valence-corrected chi connectivity index (χ3v) is 3.06. The molecule has 1 amide bonds. The number of nitrogens with one attached hydrogen (secondary N) is 2. The van der Waals surface area contributed by atoms with Gasteiger partial charge in [0.05, 0.1) is 19.6 Å². The van der Waals surface area contributed by atoms with Crippen molar-refractivity contribution < 1.29 is 9.53 Å². The van der Waals surface area contributed by atoms with Crippen LogP contribution in [0.25, 0.3) is 10.9 Å². The second-order valence-electron chi connectivity index (χ2n) is 4.58. The van der Waals surface area contributed by atoms with Crippen molar-refractivity contribution in [3.05, 3.63) is 48.7 Å². The molecule has 4 nitrogen and oxygen atoms in total. The summed E-state index contributed by atoms with van der Waals surface area (Å²) in [6.07, 6.45) is 4.93. The molecule has 4 heteroatoms. The zero-order valence-electron chi connectivity index (χ0n) is 11.5. The van der Waals surface area contributed by atoms with E-state index in [2.05, 4.69) is 16.9 Å². The number of H-pyrrole nitrogens is 1. The van der Waals surface area contributed by atoms with E-state index < -0.39 is 0 Å². The van der Waals surface area contributed by atoms with Crippen molar-refractivity contribution in [2.45, 2.75) is 12.8 Å². The monoisotopic (exact) mass is 272 g/mol. The number of hydrogen-bond donors (Lipinski definition) is 2. The summed E-state index contributed by atoms with van der Waals surface area (Å²) in [4.78, 5) is 15.0. The molecule has 0 aliphatic heterocycles. The Kier molecular flexibility index (Phi) is 5.38. The van der Waals surface area contributed by atoms with Gasteiger partial charge in [-0.25, -0.2) is 0 Å². The van der Waals surface area contributed by atoms with Crippen LogP contribution in [0.15, 0.2) is 43.1 Å². The summed E-state index contributed by atoms with van der Waals surface area (Å²) < 4.78 is 5.34. The molecule has 0 fully saturated rings. The van der Waals surface area contributed by atoms with E-state index in [1.807, 2.05) is 36.5 Å². The highest BCUT2D eigenvalue weighted by atomic mass is 16.5. The number of aromatic amines is 1. The van der Waals surface area contributed by atoms with Crippen LogP contribution >= 0.6 is 0 Å². The van der Waals surface area contributed by atoms with E-state index in [-0.39, 0.29) is 5.91 Å². The molecule has 0 atom stereocenters. The average Bonchev–Trinajstić information content (AvgIpc) is 2.86. The Morgan fingerprint density at radius 1 is 1.35 bits per heavy atom. The number of amides is 1. The zero-order chi connectivity index (χ0) is 14.2. The third kappa shape index (κ3) is 3.96. The summed E-state index contributed by atoms with van der Waals surface area (Å²) in [6.45, 7) is 5.35. The number of para-hydroxylation sites is 1. The second-order valence-corrected chi connectivity index (χ2v) is 4.58. The van der Waals surface area contributed by atoms with Gasteiger partial charge in [-0.15, -0.1) is 6.58 Å². The fraction of sp³-hybridized carbons (Fsp3) is 0.312. The molecule has 0 bridgehead atoms. The number of aromatic nitrogens is 1. The number of carbonyl (C=O) groups is 1. The molecular formula is C16H20N2O2. The number of ether oxygens (including phenoxy) is 1. The van der Waals surface area contributed by atoms with E-state index in [0.717, 1.165) is 22.9 Å². The Labute approximate surface area is 118 Å². The first-order valence-corrected chi connectivity index (χ1v) is 6.81. The molecule has 0 spiro atoms. The SMILES string of the molecule is C=CCCOCCNC(=O)Cc1c[nH]c2ccccc12. The Bertz CT molecular complexity index is 575. The highest BCUT2D eigenvalue weighted by Crippen LogP contribution is 2.17. The second kappa shape index (κ2) is 7.50. The molecule has 1 heterocycles. The van der Waals surface area contributed by atoms with Crippen LogP contribution in [0.3, 0.4) is 0 Å². The lowest BCUT2D eigenvalue weighted by Gasteiger charge is -2.05. The van der Waals surface area contributed by atoms with Crippen molar-refractivity contribution in [2.75, 3.05) is 19.8 Å². The lowest BCUT2D eigenvalue weighted by atomic mass is 10.1. The number of hydrogen-bond acceptors (Lipinski definition) is 2. The highest BCUT2D eigenvalue weighted by Gasteiger charge is 2.07. The van der Waals surface area contributed by atoms with Crippen LogP contribution in [0.5, 0.6) is 0 Å². The number of benzene rings is 1. The molecular weight excluding hydrogens is 252 g/mol. The first-order valence-electron chi connectivity index (χ1n) is 6.81. The van der Waals surface area contributed by atoms with E-state index in [9.17, 15) is 4.79 Å². The van der Waals surface area contributed by atoms with E-state index >= 15 is 0 Å². The lowest BCUT2D eigenvalue weighted by molar-refractivity contribution is -0.120. The maximum Gasteiger partial charge on any atom is 0.224 e. The van der Waals surface area contributed by atoms with Gasteiger partial charge < -0.3 is 15.0 Å². The zero-order valence-corrected chi connectivity index (χ0v) is 11.5. The van der Waals surface area contributed by atoms with Crippen LogP contribution in [-0.4, -0.2) is 30.6 Å². The summed E-state index contributed by atoms with van der Waals surface area (Å²) in [5, 5.41) is 3.96. The lowest BCUT2D eigenvalue weighted by Crippen LogP contribution is -2.28. The van der Waals surface area contributed by atoms with Crippen LogP contribution in [0.4, 0.5) is 0 Å². The molecule has 2 aromatic rings. The number of carbonyl (C=O) groups excluding carboxylic acids is 1. The topological polar surface area (TPSA) is 54.1 Å². The van der Waals surface area contributed by atoms with Crippen molar-refractivity contribution >= 4 is 16.8 Å². The number of fused-ring (bicyclic) bond motifs is 1. The van der Waals surface area contributed by atoms with Gasteiger partial charge in [-0.1, -0.05) is 24.3 Å². The minimum absolute atomic E-state index is 0.0158.